The summed E-state index contributed by atoms with van der Waals surface area (Å²) in [5.74, 6) is -0.361. The summed E-state index contributed by atoms with van der Waals surface area (Å²) < 4.78 is 0. The van der Waals surface area contributed by atoms with Gasteiger partial charge in [0, 0.05) is 4.88 Å². The Bertz CT molecular complexity index is 747. The lowest BCUT2D eigenvalue weighted by molar-refractivity contribution is -0.127. The van der Waals surface area contributed by atoms with Crippen LogP contribution >= 0.6 is 11.3 Å². The standard InChI is InChI=1S/C20H25N3O2S/c1-13(2)18(22-17(24)12-14-8-4-3-5-9-14)19(25)23-20-21-15-10-6-7-11-16(15)26-20/h3-5,8-9,13,18H,6-7,10-12H2,1-2H3,(H,22,24)(H,21,23,25). The second kappa shape index (κ2) is 8.45. The highest BCUT2D eigenvalue weighted by atomic mass is 32.1. The highest BCUT2D eigenvalue weighted by Crippen LogP contribution is 2.29. The number of thiazole rings is 1. The number of carbonyl (C=O) groups is 2. The maximum Gasteiger partial charge on any atom is 0.248 e. The van der Waals surface area contributed by atoms with Gasteiger partial charge in [-0.25, -0.2) is 4.98 Å². The van der Waals surface area contributed by atoms with Gasteiger partial charge in [0.05, 0.1) is 12.1 Å². The zero-order valence-electron chi connectivity index (χ0n) is 15.2. The van der Waals surface area contributed by atoms with Crippen molar-refractivity contribution < 1.29 is 9.59 Å². The van der Waals surface area contributed by atoms with Gasteiger partial charge in [0.2, 0.25) is 11.8 Å². The van der Waals surface area contributed by atoms with Crippen LogP contribution in [0.1, 0.15) is 42.8 Å². The first-order valence-electron chi connectivity index (χ1n) is 9.15. The molecule has 1 aliphatic carbocycles. The topological polar surface area (TPSA) is 71.1 Å². The van der Waals surface area contributed by atoms with Crippen LogP contribution in [0.3, 0.4) is 0 Å². The molecule has 1 aliphatic rings. The molecule has 1 unspecified atom stereocenters. The van der Waals surface area contributed by atoms with Crippen molar-refractivity contribution in [3.05, 3.63) is 46.5 Å². The fraction of sp³-hybridized carbons (Fsp3) is 0.450. The Balaban J connectivity index is 1.62. The molecule has 2 N–H and O–H groups in total. The van der Waals surface area contributed by atoms with Crippen LogP contribution in [-0.4, -0.2) is 22.8 Å². The molecule has 1 aromatic carbocycles. The second-order valence-electron chi connectivity index (χ2n) is 7.04. The number of hydrogen-bond donors (Lipinski definition) is 2. The molecule has 0 aliphatic heterocycles. The molecule has 5 nitrogen and oxygen atoms in total. The summed E-state index contributed by atoms with van der Waals surface area (Å²) in [6.07, 6.45) is 4.65. The summed E-state index contributed by atoms with van der Waals surface area (Å²) in [6.45, 7) is 3.86. The number of rotatable bonds is 6. The van der Waals surface area contributed by atoms with E-state index >= 15 is 0 Å². The number of amides is 2. The van der Waals surface area contributed by atoms with Crippen molar-refractivity contribution in [3.63, 3.8) is 0 Å². The molecule has 26 heavy (non-hydrogen) atoms. The van der Waals surface area contributed by atoms with E-state index in [0.29, 0.717) is 5.13 Å². The monoisotopic (exact) mass is 371 g/mol. The number of anilines is 1. The largest absolute Gasteiger partial charge is 0.344 e. The molecule has 2 amide bonds. The molecule has 0 radical (unpaired) electrons. The molecule has 138 valence electrons. The van der Waals surface area contributed by atoms with Crippen molar-refractivity contribution in [1.82, 2.24) is 10.3 Å². The Labute approximate surface area is 158 Å². The number of fused-ring (bicyclic) bond motifs is 1. The van der Waals surface area contributed by atoms with Gasteiger partial charge in [-0.15, -0.1) is 11.3 Å². The number of hydrogen-bond acceptors (Lipinski definition) is 4. The first-order chi connectivity index (χ1) is 12.5. The van der Waals surface area contributed by atoms with Gasteiger partial charge in [0.15, 0.2) is 5.13 Å². The minimum atomic E-state index is -0.577. The molecule has 2 aromatic rings. The first-order valence-corrected chi connectivity index (χ1v) is 9.97. The van der Waals surface area contributed by atoms with Crippen molar-refractivity contribution in [2.75, 3.05) is 5.32 Å². The average Bonchev–Trinajstić information content (AvgIpc) is 3.02. The highest BCUT2D eigenvalue weighted by Gasteiger charge is 2.26. The van der Waals surface area contributed by atoms with Crippen molar-refractivity contribution in [2.45, 2.75) is 52.0 Å². The van der Waals surface area contributed by atoms with Crippen molar-refractivity contribution >= 4 is 28.3 Å². The van der Waals surface area contributed by atoms with E-state index in [4.69, 9.17) is 0 Å². The van der Waals surface area contributed by atoms with E-state index in [1.165, 1.54) is 11.3 Å². The molecule has 0 saturated carbocycles. The number of aromatic nitrogens is 1. The summed E-state index contributed by atoms with van der Waals surface area (Å²) in [5.41, 5.74) is 2.05. The lowest BCUT2D eigenvalue weighted by Gasteiger charge is -2.21. The molecule has 0 bridgehead atoms. The van der Waals surface area contributed by atoms with Gasteiger partial charge >= 0.3 is 0 Å². The SMILES string of the molecule is CC(C)C(NC(=O)Cc1ccccc1)C(=O)Nc1nc2c(s1)CCCC2. The third-order valence-electron chi connectivity index (χ3n) is 4.55. The predicted octanol–water partition coefficient (Wildman–Crippen LogP) is 3.34. The van der Waals surface area contributed by atoms with Crippen LogP contribution in [0.5, 0.6) is 0 Å². The van der Waals surface area contributed by atoms with Gasteiger partial charge in [-0.3, -0.25) is 9.59 Å². The minimum Gasteiger partial charge on any atom is -0.344 e. The predicted molar refractivity (Wildman–Crippen MR) is 104 cm³/mol. The number of benzene rings is 1. The van der Waals surface area contributed by atoms with Gasteiger partial charge < -0.3 is 10.6 Å². The molecule has 0 spiro atoms. The minimum absolute atomic E-state index is 0.00990. The second-order valence-corrected chi connectivity index (χ2v) is 8.12. The molecule has 1 aromatic heterocycles. The number of nitrogens with zero attached hydrogens (tertiary/aromatic N) is 1. The molecule has 1 heterocycles. The maximum absolute atomic E-state index is 12.7. The maximum atomic E-state index is 12.7. The highest BCUT2D eigenvalue weighted by molar-refractivity contribution is 7.15. The third-order valence-corrected chi connectivity index (χ3v) is 5.62. The fourth-order valence-electron chi connectivity index (χ4n) is 3.13. The van der Waals surface area contributed by atoms with E-state index < -0.39 is 6.04 Å². The van der Waals surface area contributed by atoms with Crippen LogP contribution in [0.25, 0.3) is 0 Å². The summed E-state index contributed by atoms with van der Waals surface area (Å²) in [6, 6.07) is 8.96. The number of carbonyl (C=O) groups excluding carboxylic acids is 2. The Kier molecular flexibility index (Phi) is 6.04. The molecule has 6 heteroatoms. The quantitative estimate of drug-likeness (QED) is 0.818. The molecule has 3 rings (SSSR count). The summed E-state index contributed by atoms with van der Waals surface area (Å²) in [7, 11) is 0. The van der Waals surface area contributed by atoms with Crippen LogP contribution in [0, 0.1) is 5.92 Å². The van der Waals surface area contributed by atoms with Gasteiger partial charge in [0.1, 0.15) is 6.04 Å². The van der Waals surface area contributed by atoms with E-state index in [1.54, 1.807) is 11.3 Å². The Hall–Kier alpha value is -2.21. The van der Waals surface area contributed by atoms with Crippen molar-refractivity contribution in [2.24, 2.45) is 5.92 Å². The first kappa shape index (κ1) is 18.6. The normalized spacial score (nSPS) is 14.6. The number of nitrogens with one attached hydrogen (secondary N) is 2. The van der Waals surface area contributed by atoms with Crippen LogP contribution in [0.4, 0.5) is 5.13 Å². The van der Waals surface area contributed by atoms with Gasteiger partial charge in [-0.2, -0.15) is 0 Å². The molecular weight excluding hydrogens is 346 g/mol. The van der Waals surface area contributed by atoms with E-state index in [2.05, 4.69) is 15.6 Å². The Morgan fingerprint density at radius 2 is 1.88 bits per heavy atom. The summed E-state index contributed by atoms with van der Waals surface area (Å²) in [4.78, 5) is 30.9. The smallest absolute Gasteiger partial charge is 0.248 e. The Morgan fingerprint density at radius 1 is 1.15 bits per heavy atom. The summed E-state index contributed by atoms with van der Waals surface area (Å²) in [5, 5.41) is 6.42. The molecular formula is C20H25N3O2S. The lowest BCUT2D eigenvalue weighted by atomic mass is 10.0. The number of aryl methyl sites for hydroxylation is 2. The van der Waals surface area contributed by atoms with Gasteiger partial charge in [-0.05, 0) is 37.2 Å². The van der Waals surface area contributed by atoms with E-state index in [9.17, 15) is 9.59 Å². The van der Waals surface area contributed by atoms with Gasteiger partial charge in [-0.1, -0.05) is 44.2 Å². The van der Waals surface area contributed by atoms with E-state index in [0.717, 1.165) is 30.5 Å². The zero-order chi connectivity index (χ0) is 18.5. The van der Waals surface area contributed by atoms with Crippen molar-refractivity contribution in [1.29, 1.82) is 0 Å². The van der Waals surface area contributed by atoms with Crippen LogP contribution < -0.4 is 10.6 Å². The molecule has 0 fully saturated rings. The van der Waals surface area contributed by atoms with E-state index in [-0.39, 0.29) is 24.2 Å². The van der Waals surface area contributed by atoms with Gasteiger partial charge in [0.25, 0.3) is 0 Å². The summed E-state index contributed by atoms with van der Waals surface area (Å²) >= 11 is 1.56. The van der Waals surface area contributed by atoms with Crippen LogP contribution in [0.15, 0.2) is 30.3 Å². The zero-order valence-corrected chi connectivity index (χ0v) is 16.1. The molecule has 0 saturated heterocycles. The van der Waals surface area contributed by atoms with Crippen molar-refractivity contribution in [3.8, 4) is 0 Å². The van der Waals surface area contributed by atoms with Crippen LogP contribution in [0.2, 0.25) is 0 Å². The lowest BCUT2D eigenvalue weighted by Crippen LogP contribution is -2.47. The average molecular weight is 372 g/mol. The third kappa shape index (κ3) is 4.69. The molecule has 1 atom stereocenters. The van der Waals surface area contributed by atoms with Crippen LogP contribution in [-0.2, 0) is 28.9 Å². The Morgan fingerprint density at radius 3 is 2.58 bits per heavy atom. The fourth-order valence-corrected chi connectivity index (χ4v) is 4.18. The van der Waals surface area contributed by atoms with E-state index in [1.807, 2.05) is 44.2 Å².